The third kappa shape index (κ3) is 9.38. The Kier molecular flexibility index (Phi) is 12.0. The van der Waals surface area contributed by atoms with Gasteiger partial charge in [-0.3, -0.25) is 9.59 Å². The fraction of sp³-hybridized carbons (Fsp3) is 0.483. The number of phenols is 1. The molecule has 39 heavy (non-hydrogen) atoms. The zero-order valence-corrected chi connectivity index (χ0v) is 24.7. The lowest BCUT2D eigenvalue weighted by Gasteiger charge is -2.34. The van der Waals surface area contributed by atoms with E-state index in [9.17, 15) is 19.5 Å². The highest BCUT2D eigenvalue weighted by atomic mass is 32.2. The molecule has 2 rings (SSSR count). The molecule has 0 heterocycles. The molecule has 3 amide bonds. The van der Waals surface area contributed by atoms with Gasteiger partial charge in [-0.1, -0.05) is 25.1 Å². The molecule has 2 aromatic rings. The van der Waals surface area contributed by atoms with Crippen LogP contribution in [-0.2, 0) is 14.3 Å². The van der Waals surface area contributed by atoms with E-state index in [1.807, 2.05) is 13.2 Å². The second-order valence-electron chi connectivity index (χ2n) is 10.1. The van der Waals surface area contributed by atoms with Gasteiger partial charge in [-0.05, 0) is 82.4 Å². The second kappa shape index (κ2) is 14.7. The summed E-state index contributed by atoms with van der Waals surface area (Å²) in [6, 6.07) is 9.83. The average molecular weight is 560 g/mol. The molecular weight excluding hydrogens is 518 g/mol. The Labute approximate surface area is 235 Å². The fourth-order valence-electron chi connectivity index (χ4n) is 3.99. The smallest absolute Gasteiger partial charge is 0.408 e. The molecule has 0 fully saturated rings. The van der Waals surface area contributed by atoms with E-state index in [2.05, 4.69) is 10.6 Å². The highest BCUT2D eigenvalue weighted by Gasteiger charge is 2.37. The summed E-state index contributed by atoms with van der Waals surface area (Å²) in [5, 5.41) is 16.6. The minimum atomic E-state index is -1.16. The molecule has 9 nitrogen and oxygen atoms in total. The molecule has 0 saturated heterocycles. The summed E-state index contributed by atoms with van der Waals surface area (Å²) in [4.78, 5) is 42.0. The van der Waals surface area contributed by atoms with Crippen molar-refractivity contribution in [1.82, 2.24) is 10.2 Å². The zero-order chi connectivity index (χ0) is 29.2. The van der Waals surface area contributed by atoms with Crippen LogP contribution in [0.25, 0.3) is 0 Å². The number of carbonyl (C=O) groups excluding carboxylic acids is 3. The van der Waals surface area contributed by atoms with Crippen LogP contribution in [0, 0.1) is 6.92 Å². The third-order valence-corrected chi connectivity index (χ3v) is 6.47. The molecular formula is C29H41N3O6S. The van der Waals surface area contributed by atoms with Crippen molar-refractivity contribution < 1.29 is 29.0 Å². The first-order valence-electron chi connectivity index (χ1n) is 12.9. The highest BCUT2D eigenvalue weighted by molar-refractivity contribution is 7.98. The number of hydrogen-bond donors (Lipinski definition) is 3. The number of carbonyl (C=O) groups is 3. The van der Waals surface area contributed by atoms with Crippen molar-refractivity contribution in [1.29, 1.82) is 0 Å². The number of hydrogen-bond acceptors (Lipinski definition) is 7. The maximum Gasteiger partial charge on any atom is 0.408 e. The summed E-state index contributed by atoms with van der Waals surface area (Å²) in [5.74, 6) is 0.233. The fourth-order valence-corrected chi connectivity index (χ4v) is 4.46. The Morgan fingerprint density at radius 2 is 1.77 bits per heavy atom. The van der Waals surface area contributed by atoms with E-state index < -0.39 is 35.6 Å². The Morgan fingerprint density at radius 3 is 2.33 bits per heavy atom. The van der Waals surface area contributed by atoms with Crippen LogP contribution >= 0.6 is 11.8 Å². The number of nitrogens with zero attached hydrogens (tertiary/aromatic N) is 1. The second-order valence-corrected chi connectivity index (χ2v) is 11.1. The van der Waals surface area contributed by atoms with Crippen molar-refractivity contribution in [3.05, 3.63) is 53.6 Å². The molecule has 0 saturated carbocycles. The van der Waals surface area contributed by atoms with Gasteiger partial charge in [0.1, 0.15) is 29.2 Å². The first-order chi connectivity index (χ1) is 18.4. The summed E-state index contributed by atoms with van der Waals surface area (Å²) < 4.78 is 10.6. The molecule has 0 bridgehead atoms. The van der Waals surface area contributed by atoms with Gasteiger partial charge in [0.15, 0.2) is 0 Å². The lowest BCUT2D eigenvalue weighted by molar-refractivity contribution is -0.140. The summed E-state index contributed by atoms with van der Waals surface area (Å²) in [5.41, 5.74) is 0.634. The number of phenolic OH excluding ortho intramolecular Hbond substituents is 1. The summed E-state index contributed by atoms with van der Waals surface area (Å²) >= 11 is 1.54. The lowest BCUT2D eigenvalue weighted by Crippen LogP contribution is -2.52. The number of alkyl carbamates (subject to hydrolysis) is 1. The molecule has 214 valence electrons. The lowest BCUT2D eigenvalue weighted by atomic mass is 9.98. The Bertz CT molecular complexity index is 1120. The number of amides is 3. The number of aromatic hydroxyl groups is 1. The molecule has 0 aromatic heterocycles. The van der Waals surface area contributed by atoms with Gasteiger partial charge < -0.3 is 30.1 Å². The standard InChI is InChI=1S/C29H41N3O6S/c1-8-17-32(27(35)23(16-18-39-7)31-28(36)38-29(3,4)5)24(22-11-9-10-19(2)25(22)33)26(34)30-20-12-14-21(37-6)15-13-20/h9-15,23-24,33H,8,16-18H2,1-7H3,(H,30,34)(H,31,36). The number of benzene rings is 2. The normalized spacial score (nSPS) is 12.7. The van der Waals surface area contributed by atoms with Gasteiger partial charge in [0.25, 0.3) is 5.91 Å². The van der Waals surface area contributed by atoms with Crippen molar-refractivity contribution >= 4 is 35.4 Å². The van der Waals surface area contributed by atoms with Crippen molar-refractivity contribution in [3.8, 4) is 11.5 Å². The Morgan fingerprint density at radius 1 is 1.10 bits per heavy atom. The monoisotopic (exact) mass is 559 g/mol. The van der Waals surface area contributed by atoms with Crippen LogP contribution in [0.3, 0.4) is 0 Å². The quantitative estimate of drug-likeness (QED) is 0.324. The van der Waals surface area contributed by atoms with Crippen molar-refractivity contribution in [2.45, 2.75) is 65.1 Å². The summed E-state index contributed by atoms with van der Waals surface area (Å²) in [6.45, 7) is 9.08. The predicted octanol–water partition coefficient (Wildman–Crippen LogP) is 5.27. The van der Waals surface area contributed by atoms with Crippen LogP contribution in [0.1, 0.15) is 57.7 Å². The van der Waals surface area contributed by atoms with Gasteiger partial charge >= 0.3 is 6.09 Å². The molecule has 0 aliphatic rings. The van der Waals surface area contributed by atoms with Crippen LogP contribution in [0.5, 0.6) is 11.5 Å². The minimum Gasteiger partial charge on any atom is -0.507 e. The van der Waals surface area contributed by atoms with Gasteiger partial charge in [0.2, 0.25) is 5.91 Å². The van der Waals surface area contributed by atoms with E-state index in [4.69, 9.17) is 9.47 Å². The topological polar surface area (TPSA) is 117 Å². The van der Waals surface area contributed by atoms with Crippen LogP contribution in [0.15, 0.2) is 42.5 Å². The maximum absolute atomic E-state index is 14.1. The van der Waals surface area contributed by atoms with Crippen LogP contribution in [0.4, 0.5) is 10.5 Å². The number of nitrogens with one attached hydrogen (secondary N) is 2. The van der Waals surface area contributed by atoms with Crippen LogP contribution in [0.2, 0.25) is 0 Å². The SMILES string of the molecule is CCCN(C(=O)C(CCSC)NC(=O)OC(C)(C)C)C(C(=O)Nc1ccc(OC)cc1)c1cccc(C)c1O. The van der Waals surface area contributed by atoms with Crippen LogP contribution in [-0.4, -0.2) is 65.2 Å². The molecule has 0 spiro atoms. The Hall–Kier alpha value is -3.40. The molecule has 0 aliphatic carbocycles. The molecule has 3 N–H and O–H groups in total. The molecule has 2 unspecified atom stereocenters. The highest BCUT2D eigenvalue weighted by Crippen LogP contribution is 2.33. The number of thioether (sulfide) groups is 1. The number of anilines is 1. The van der Waals surface area contributed by atoms with E-state index in [0.29, 0.717) is 41.2 Å². The number of rotatable bonds is 12. The van der Waals surface area contributed by atoms with Gasteiger partial charge in [0.05, 0.1) is 7.11 Å². The number of para-hydroxylation sites is 1. The van der Waals surface area contributed by atoms with E-state index in [1.54, 1.807) is 89.0 Å². The van der Waals surface area contributed by atoms with Crippen molar-refractivity contribution in [2.75, 3.05) is 31.0 Å². The van der Waals surface area contributed by atoms with Gasteiger partial charge in [-0.25, -0.2) is 4.79 Å². The molecule has 0 aliphatic heterocycles. The third-order valence-electron chi connectivity index (χ3n) is 5.83. The van der Waals surface area contributed by atoms with E-state index in [1.165, 1.54) is 4.90 Å². The van der Waals surface area contributed by atoms with Gasteiger partial charge in [-0.15, -0.1) is 0 Å². The molecule has 2 aromatic carbocycles. The van der Waals surface area contributed by atoms with Crippen molar-refractivity contribution in [2.24, 2.45) is 0 Å². The minimum absolute atomic E-state index is 0.0675. The number of methoxy groups -OCH3 is 1. The Balaban J connectivity index is 2.52. The first kappa shape index (κ1) is 31.8. The average Bonchev–Trinajstić information content (AvgIpc) is 2.87. The van der Waals surface area contributed by atoms with E-state index in [0.717, 1.165) is 0 Å². The predicted molar refractivity (Wildman–Crippen MR) is 155 cm³/mol. The van der Waals surface area contributed by atoms with Gasteiger partial charge in [0, 0.05) is 17.8 Å². The first-order valence-corrected chi connectivity index (χ1v) is 14.3. The zero-order valence-electron chi connectivity index (χ0n) is 23.9. The molecule has 10 heteroatoms. The van der Waals surface area contributed by atoms with E-state index in [-0.39, 0.29) is 12.3 Å². The summed E-state index contributed by atoms with van der Waals surface area (Å²) in [7, 11) is 1.55. The van der Waals surface area contributed by atoms with E-state index >= 15 is 0 Å². The summed E-state index contributed by atoms with van der Waals surface area (Å²) in [6.07, 6.45) is 2.09. The van der Waals surface area contributed by atoms with Crippen LogP contribution < -0.4 is 15.4 Å². The molecule has 2 atom stereocenters. The number of aryl methyl sites for hydroxylation is 1. The van der Waals surface area contributed by atoms with Gasteiger partial charge in [-0.2, -0.15) is 11.8 Å². The van der Waals surface area contributed by atoms with Crippen molar-refractivity contribution in [3.63, 3.8) is 0 Å². The largest absolute Gasteiger partial charge is 0.507 e. The maximum atomic E-state index is 14.1. The number of ether oxygens (including phenoxy) is 2. The molecule has 0 radical (unpaired) electrons.